The first-order chi connectivity index (χ1) is 19.3. The molecule has 4 N–H and O–H groups in total. The van der Waals surface area contributed by atoms with Gasteiger partial charge >= 0.3 is 12.1 Å². The van der Waals surface area contributed by atoms with Gasteiger partial charge in [0.1, 0.15) is 0 Å². The molecule has 0 bridgehead atoms. The van der Waals surface area contributed by atoms with Crippen LogP contribution in [-0.2, 0) is 26.5 Å². The van der Waals surface area contributed by atoms with E-state index in [1.807, 2.05) is 0 Å². The lowest BCUT2D eigenvalue weighted by Gasteiger charge is -2.23. The van der Waals surface area contributed by atoms with Crippen LogP contribution < -0.4 is 20.1 Å². The van der Waals surface area contributed by atoms with Crippen molar-refractivity contribution in [1.29, 1.82) is 0 Å². The molecule has 10 nitrogen and oxygen atoms in total. The minimum atomic E-state index is -4.24. The van der Waals surface area contributed by atoms with Gasteiger partial charge in [0.15, 0.2) is 0 Å². The Bertz CT molecular complexity index is 1690. The zero-order valence-electron chi connectivity index (χ0n) is 22.3. The van der Waals surface area contributed by atoms with Gasteiger partial charge in [0.05, 0.1) is 21.2 Å². The highest BCUT2D eigenvalue weighted by molar-refractivity contribution is 7.94. The molecule has 4 rings (SSSR count). The van der Waals surface area contributed by atoms with Crippen LogP contribution in [0.4, 0.5) is 21.0 Å². The van der Waals surface area contributed by atoms with E-state index in [0.717, 1.165) is 11.1 Å². The topological polar surface area (TPSA) is 161 Å². The second-order valence-corrected chi connectivity index (χ2v) is 12.8. The van der Waals surface area contributed by atoms with Crippen molar-refractivity contribution in [2.75, 3.05) is 8.61 Å². The Hall–Kier alpha value is -4.68. The summed E-state index contributed by atoms with van der Waals surface area (Å²) in [6, 6.07) is 22.6. The van der Waals surface area contributed by atoms with Crippen LogP contribution in [0.2, 0.25) is 0 Å². The van der Waals surface area contributed by atoms with Gasteiger partial charge in [-0.25, -0.2) is 26.4 Å². The van der Waals surface area contributed by atoms with Gasteiger partial charge < -0.3 is 11.5 Å². The molecule has 4 amide bonds. The number of carbonyl (C=O) groups is 2. The van der Waals surface area contributed by atoms with Gasteiger partial charge in [-0.05, 0) is 78.9 Å². The fraction of sp³-hybridized carbons (Fsp3) is 0.103. The number of sulfonamides is 2. The number of aryl methyl sites for hydroxylation is 2. The molecule has 4 aromatic carbocycles. The molecule has 212 valence electrons. The maximum atomic E-state index is 13.2. The van der Waals surface area contributed by atoms with Crippen molar-refractivity contribution < 1.29 is 26.4 Å². The second-order valence-electron chi connectivity index (χ2n) is 9.26. The van der Waals surface area contributed by atoms with Crippen LogP contribution >= 0.6 is 0 Å². The number of urea groups is 2. The molecule has 12 heteroatoms. The summed E-state index contributed by atoms with van der Waals surface area (Å²) >= 11 is 0. The van der Waals surface area contributed by atoms with Gasteiger partial charge in [0, 0.05) is 0 Å². The molecule has 0 aromatic heterocycles. The lowest BCUT2D eigenvalue weighted by molar-refractivity contribution is 0.256. The Balaban J connectivity index is 1.63. The molecule has 0 spiro atoms. The molecule has 0 atom stereocenters. The van der Waals surface area contributed by atoms with E-state index in [2.05, 4.69) is 0 Å². The monoisotopic (exact) mass is 592 g/mol. The number of hydrogen-bond donors (Lipinski definition) is 2. The molecular weight excluding hydrogens is 564 g/mol. The number of hydrogen-bond acceptors (Lipinski definition) is 6. The van der Waals surface area contributed by atoms with Gasteiger partial charge in [-0.3, -0.25) is 0 Å². The fourth-order valence-corrected chi connectivity index (χ4v) is 7.30. The SMILES string of the molecule is Cc1cc(Cc2ccc(N(C(N)=O)S(=O)(=O)c3ccccc3)c(C)c2)ccc1N(C(N)=O)S(=O)(=O)c1ccccc1. The van der Waals surface area contributed by atoms with Crippen molar-refractivity contribution >= 4 is 43.5 Å². The lowest BCUT2D eigenvalue weighted by atomic mass is 10.00. The molecule has 0 saturated carbocycles. The first-order valence-corrected chi connectivity index (χ1v) is 15.2. The van der Waals surface area contributed by atoms with E-state index in [-0.39, 0.29) is 21.2 Å². The molecule has 0 saturated heterocycles. The van der Waals surface area contributed by atoms with Crippen molar-refractivity contribution in [1.82, 2.24) is 0 Å². The summed E-state index contributed by atoms with van der Waals surface area (Å²) in [5.41, 5.74) is 13.8. The number of benzene rings is 4. The number of amides is 4. The third-order valence-electron chi connectivity index (χ3n) is 6.33. The smallest absolute Gasteiger partial charge is 0.333 e. The molecule has 0 aliphatic rings. The normalized spacial score (nSPS) is 11.6. The molecule has 4 aromatic rings. The van der Waals surface area contributed by atoms with E-state index in [0.29, 0.717) is 26.2 Å². The van der Waals surface area contributed by atoms with Crippen LogP contribution in [0.15, 0.2) is 107 Å². The summed E-state index contributed by atoms with van der Waals surface area (Å²) in [6.45, 7) is 3.34. The van der Waals surface area contributed by atoms with Crippen LogP contribution in [0, 0.1) is 13.8 Å². The third-order valence-corrected chi connectivity index (χ3v) is 9.78. The Kier molecular flexibility index (Phi) is 8.17. The van der Waals surface area contributed by atoms with Gasteiger partial charge in [-0.1, -0.05) is 60.7 Å². The predicted octanol–water partition coefficient (Wildman–Crippen LogP) is 4.44. The molecule has 0 fully saturated rings. The van der Waals surface area contributed by atoms with Crippen LogP contribution in [0.25, 0.3) is 0 Å². The summed E-state index contributed by atoms with van der Waals surface area (Å²) in [5.74, 6) is 0. The summed E-state index contributed by atoms with van der Waals surface area (Å²) < 4.78 is 53.9. The van der Waals surface area contributed by atoms with Crippen LogP contribution in [0.1, 0.15) is 22.3 Å². The van der Waals surface area contributed by atoms with E-state index < -0.39 is 32.1 Å². The predicted molar refractivity (Wildman–Crippen MR) is 157 cm³/mol. The van der Waals surface area contributed by atoms with Gasteiger partial charge in [0.25, 0.3) is 20.0 Å². The molecule has 0 radical (unpaired) electrons. The average molecular weight is 593 g/mol. The molecule has 0 aliphatic carbocycles. The van der Waals surface area contributed by atoms with E-state index in [4.69, 9.17) is 11.5 Å². The summed E-state index contributed by atoms with van der Waals surface area (Å²) in [5, 5.41) is 0. The maximum absolute atomic E-state index is 13.2. The Morgan fingerprint density at radius 1 is 0.585 bits per heavy atom. The zero-order chi connectivity index (χ0) is 29.9. The van der Waals surface area contributed by atoms with Crippen molar-refractivity contribution in [3.05, 3.63) is 119 Å². The summed E-state index contributed by atoms with van der Waals surface area (Å²) in [6.07, 6.45) is 0.395. The number of carbonyl (C=O) groups excluding carboxylic acids is 2. The number of anilines is 2. The quantitative estimate of drug-likeness (QED) is 0.307. The minimum Gasteiger partial charge on any atom is -0.350 e. The minimum absolute atomic E-state index is 0.0721. The highest BCUT2D eigenvalue weighted by Gasteiger charge is 2.32. The van der Waals surface area contributed by atoms with Crippen LogP contribution in [-0.4, -0.2) is 28.9 Å². The molecule has 0 unspecified atom stereocenters. The highest BCUT2D eigenvalue weighted by Crippen LogP contribution is 2.30. The van der Waals surface area contributed by atoms with Gasteiger partial charge in [0.2, 0.25) is 0 Å². The van der Waals surface area contributed by atoms with Crippen LogP contribution in [0.3, 0.4) is 0 Å². The Morgan fingerprint density at radius 3 is 1.22 bits per heavy atom. The highest BCUT2D eigenvalue weighted by atomic mass is 32.2. The zero-order valence-corrected chi connectivity index (χ0v) is 23.9. The first-order valence-electron chi connectivity index (χ1n) is 12.3. The van der Waals surface area contributed by atoms with Crippen LogP contribution in [0.5, 0.6) is 0 Å². The molecule has 0 aliphatic heterocycles. The number of nitrogens with two attached hydrogens (primary N) is 2. The van der Waals surface area contributed by atoms with E-state index >= 15 is 0 Å². The van der Waals surface area contributed by atoms with E-state index in [1.54, 1.807) is 74.5 Å². The summed E-state index contributed by atoms with van der Waals surface area (Å²) in [7, 11) is -8.48. The van der Waals surface area contributed by atoms with Gasteiger partial charge in [-0.2, -0.15) is 8.61 Å². The Labute approximate surface area is 238 Å². The maximum Gasteiger partial charge on any atom is 0.333 e. The number of primary amides is 2. The largest absolute Gasteiger partial charge is 0.350 e. The van der Waals surface area contributed by atoms with E-state index in [9.17, 15) is 26.4 Å². The molecule has 41 heavy (non-hydrogen) atoms. The Morgan fingerprint density at radius 2 is 0.927 bits per heavy atom. The van der Waals surface area contributed by atoms with Gasteiger partial charge in [-0.15, -0.1) is 0 Å². The number of nitrogens with zero attached hydrogens (tertiary/aromatic N) is 2. The third kappa shape index (κ3) is 5.93. The molecule has 0 heterocycles. The summed E-state index contributed by atoms with van der Waals surface area (Å²) in [4.78, 5) is 24.4. The van der Waals surface area contributed by atoms with Crippen molar-refractivity contribution in [2.45, 2.75) is 30.1 Å². The standard InChI is InChI=1S/C29H28N4O6S2/c1-20-17-22(13-15-26(20)32(28(30)34)40(36,37)24-9-5-3-6-10-24)19-23-14-16-27(21(2)18-23)33(29(31)35)41(38,39)25-11-7-4-8-12-25/h3-18H,19H2,1-2H3,(H2,30,34)(H2,31,35). The number of rotatable bonds is 8. The second kappa shape index (κ2) is 11.4. The van der Waals surface area contributed by atoms with Crippen molar-refractivity contribution in [3.63, 3.8) is 0 Å². The lowest BCUT2D eigenvalue weighted by Crippen LogP contribution is -2.41. The first kappa shape index (κ1) is 29.3. The molecular formula is C29H28N4O6S2. The average Bonchev–Trinajstić information content (AvgIpc) is 2.92. The van der Waals surface area contributed by atoms with Crippen molar-refractivity contribution in [2.24, 2.45) is 11.5 Å². The fourth-order valence-electron chi connectivity index (χ4n) is 4.48. The van der Waals surface area contributed by atoms with Crippen molar-refractivity contribution in [3.8, 4) is 0 Å². The van der Waals surface area contributed by atoms with E-state index in [1.165, 1.54) is 36.4 Å².